The first kappa shape index (κ1) is 54.2. The van der Waals surface area contributed by atoms with E-state index in [2.05, 4.69) is 53.4 Å². The number of hydrogen-bond acceptors (Lipinski definition) is 14. The molecule has 1 spiro atoms. The maximum absolute atomic E-state index is 15.1. The van der Waals surface area contributed by atoms with E-state index in [1.165, 1.54) is 14.2 Å². The maximum atomic E-state index is 15.1. The summed E-state index contributed by atoms with van der Waals surface area (Å²) in [6, 6.07) is 22.7. The summed E-state index contributed by atoms with van der Waals surface area (Å²) < 4.78 is 78.3. The van der Waals surface area contributed by atoms with Crippen LogP contribution in [0.5, 0.6) is 5.75 Å². The summed E-state index contributed by atoms with van der Waals surface area (Å²) in [5.74, 6) is 3.14. The van der Waals surface area contributed by atoms with E-state index < -0.39 is 87.7 Å². The van der Waals surface area contributed by atoms with Gasteiger partial charge in [0.15, 0.2) is 22.9 Å². The minimum Gasteiger partial charge on any atom is -0.497 e. The highest BCUT2D eigenvalue weighted by Crippen LogP contribution is 2.71. The van der Waals surface area contributed by atoms with Crippen LogP contribution in [0.2, 0.25) is 36.3 Å². The molecule has 0 radical (unpaired) electrons. The van der Waals surface area contributed by atoms with Gasteiger partial charge in [-0.1, -0.05) is 95.8 Å². The molecule has 3 heterocycles. The Bertz CT molecular complexity index is 2150. The third-order valence-electron chi connectivity index (χ3n) is 16.8. The molecule has 3 saturated heterocycles. The lowest BCUT2D eigenvalue weighted by atomic mass is 9.45. The predicted octanol–water partition coefficient (Wildman–Crippen LogP) is 9.12. The molecular weight excluding hydrogens is 929 g/mol. The van der Waals surface area contributed by atoms with Crippen LogP contribution in [-0.4, -0.2) is 119 Å². The molecule has 0 N–H and O–H groups in total. The van der Waals surface area contributed by atoms with Gasteiger partial charge in [0.25, 0.3) is 5.79 Å². The van der Waals surface area contributed by atoms with Crippen molar-refractivity contribution in [3.63, 3.8) is 0 Å². The van der Waals surface area contributed by atoms with Crippen LogP contribution in [0.1, 0.15) is 78.9 Å². The molecule has 1 saturated carbocycles. The zero-order chi connectivity index (χ0) is 50.3. The van der Waals surface area contributed by atoms with Crippen molar-refractivity contribution in [2.24, 2.45) is 22.7 Å². The first-order valence-corrected chi connectivity index (χ1v) is 30.6. The number of carbonyl (C=O) groups is 2. The smallest absolute Gasteiger partial charge is 0.367 e. The number of hydrogen-bond donors (Lipinski definition) is 0. The summed E-state index contributed by atoms with van der Waals surface area (Å²) in [4.78, 5) is 30.0. The van der Waals surface area contributed by atoms with Crippen molar-refractivity contribution in [3.8, 4) is 17.6 Å². The number of methoxy groups -OCH3 is 4. The molecule has 5 aliphatic rings. The van der Waals surface area contributed by atoms with Crippen LogP contribution >= 0.6 is 0 Å². The van der Waals surface area contributed by atoms with E-state index in [1.54, 1.807) is 14.2 Å². The van der Waals surface area contributed by atoms with Gasteiger partial charge in [-0.3, -0.25) is 4.79 Å². The lowest BCUT2D eigenvalue weighted by molar-refractivity contribution is -0.247. The molecule has 2 aliphatic carbocycles. The maximum Gasteiger partial charge on any atom is 0.367 e. The molecule has 70 heavy (non-hydrogen) atoms. The van der Waals surface area contributed by atoms with Gasteiger partial charge in [0.2, 0.25) is 0 Å². The van der Waals surface area contributed by atoms with Crippen molar-refractivity contribution in [1.29, 1.82) is 0 Å². The van der Waals surface area contributed by atoms with E-state index in [9.17, 15) is 4.79 Å². The molecule has 7 rings (SSSR count). The molecule has 11 atom stereocenters. The molecule has 0 bridgehead atoms. The van der Waals surface area contributed by atoms with Crippen molar-refractivity contribution in [2.75, 3.05) is 48.3 Å². The van der Waals surface area contributed by atoms with Crippen molar-refractivity contribution in [1.82, 2.24) is 0 Å². The van der Waals surface area contributed by atoms with E-state index >= 15 is 4.79 Å². The summed E-state index contributed by atoms with van der Waals surface area (Å²) >= 11 is 0. The normalized spacial score (nSPS) is 31.5. The largest absolute Gasteiger partial charge is 0.497 e. The summed E-state index contributed by atoms with van der Waals surface area (Å²) in [6.07, 6.45) is -1.63. The van der Waals surface area contributed by atoms with Gasteiger partial charge < -0.3 is 56.2 Å². The lowest BCUT2D eigenvalue weighted by Gasteiger charge is -2.61. The van der Waals surface area contributed by atoms with E-state index in [1.807, 2.05) is 61.5 Å². The van der Waals surface area contributed by atoms with Crippen LogP contribution in [-0.2, 0) is 74.3 Å². The minimum atomic E-state index is -2.43. The Kier molecular flexibility index (Phi) is 17.9. The summed E-state index contributed by atoms with van der Waals surface area (Å²) in [7, 11) is 1.21. The zero-order valence-electron chi connectivity index (χ0n) is 43.4. The molecule has 0 amide bonds. The Morgan fingerprint density at radius 2 is 1.37 bits per heavy atom. The van der Waals surface area contributed by atoms with Crippen LogP contribution in [0.25, 0.3) is 0 Å². The average molecular weight is 1010 g/mol. The second-order valence-electron chi connectivity index (χ2n) is 19.6. The van der Waals surface area contributed by atoms with Gasteiger partial charge in [0.05, 0.1) is 72.0 Å². The summed E-state index contributed by atoms with van der Waals surface area (Å²) in [5, 5.41) is 0. The number of rotatable bonds is 22. The standard InChI is InChI=1S/C54H78O14Si2/c1-12-69(13-2,14-3)67-43-32-44(68-70(15-4,16-5)17-6)53(50(55)59-10)35-63-47-46(61-29-21-24-41-30-42(31-45(58-9)66-41)62-33-39-25-27-40(57-8)28-26-39)37(7)48-52(43,49(47)53)36-65-54(48,51(56)60-11)64-34-38-22-19-18-20-23-38/h18-20,22-23,25-28,41-45,47-49H,12-17,29-36H2,1-11H3/t41-,42-,43+,44-,45+,47+,48+,49-,52-,53+,54+/m1/s1. The summed E-state index contributed by atoms with van der Waals surface area (Å²) in [5.41, 5.74) is 0.159. The number of ether oxygens (including phenoxy) is 10. The molecule has 386 valence electrons. The molecule has 4 fully saturated rings. The Balaban J connectivity index is 1.33. The van der Waals surface area contributed by atoms with Gasteiger partial charge in [0, 0.05) is 31.3 Å². The fourth-order valence-electron chi connectivity index (χ4n) is 12.5. The zero-order valence-corrected chi connectivity index (χ0v) is 45.4. The molecule has 3 aliphatic heterocycles. The number of esters is 2. The quantitative estimate of drug-likeness (QED) is 0.0628. The Morgan fingerprint density at radius 3 is 1.97 bits per heavy atom. The first-order chi connectivity index (χ1) is 33.8. The van der Waals surface area contributed by atoms with Crippen molar-refractivity contribution < 1.29 is 65.8 Å². The molecule has 0 aromatic heterocycles. The van der Waals surface area contributed by atoms with Crippen LogP contribution in [0.4, 0.5) is 0 Å². The Labute approximate surface area is 418 Å². The molecular formula is C54H78O14Si2. The van der Waals surface area contributed by atoms with E-state index in [4.69, 9.17) is 56.2 Å². The minimum absolute atomic E-state index is 0.00847. The SMILES string of the molecule is CC[Si](CC)(CC)O[C@H]1C[C@@H](O[Si](CC)(CC)CC)[C@@]2(C(=O)OC)CO[C@H]3C(OCC#C[C@@H]4C[C@@H](OCc5ccc(OC)cc5)C[C@@H](OC)O4)=C(C)[C@@H]4[C@@](OCc5ccccc5)(C(=O)OC)OC[C@@]14[C@@H]32. The van der Waals surface area contributed by atoms with Crippen LogP contribution in [0.15, 0.2) is 65.9 Å². The fraction of sp³-hybridized carbons (Fsp3) is 0.667. The highest BCUT2D eigenvalue weighted by molar-refractivity contribution is 6.74. The second kappa shape index (κ2) is 23.1. The first-order valence-electron chi connectivity index (χ1n) is 25.5. The molecule has 2 aromatic carbocycles. The molecule has 2 aromatic rings. The number of benzene rings is 2. The second-order valence-corrected chi connectivity index (χ2v) is 29.1. The molecule has 16 heteroatoms. The van der Waals surface area contributed by atoms with Crippen molar-refractivity contribution in [3.05, 3.63) is 77.1 Å². The molecule has 14 nitrogen and oxygen atoms in total. The van der Waals surface area contributed by atoms with Crippen molar-refractivity contribution >= 4 is 28.6 Å². The third-order valence-corrected chi connectivity index (χ3v) is 26.1. The van der Waals surface area contributed by atoms with E-state index in [0.717, 1.165) is 53.1 Å². The van der Waals surface area contributed by atoms with Crippen LogP contribution in [0, 0.1) is 34.5 Å². The van der Waals surface area contributed by atoms with Crippen LogP contribution in [0.3, 0.4) is 0 Å². The highest BCUT2D eigenvalue weighted by Gasteiger charge is 2.82. The fourth-order valence-corrected chi connectivity index (χ4v) is 18.3. The van der Waals surface area contributed by atoms with E-state index in [-0.39, 0.29) is 32.5 Å². The van der Waals surface area contributed by atoms with Crippen molar-refractivity contribution in [2.45, 2.75) is 160 Å². The monoisotopic (exact) mass is 1010 g/mol. The van der Waals surface area contributed by atoms with Gasteiger partial charge in [-0.2, -0.15) is 0 Å². The number of carbonyl (C=O) groups excluding carboxylic acids is 2. The van der Waals surface area contributed by atoms with Gasteiger partial charge in [-0.05, 0) is 78.4 Å². The molecule has 0 unspecified atom stereocenters. The average Bonchev–Trinajstić information content (AvgIpc) is 3.99. The summed E-state index contributed by atoms with van der Waals surface area (Å²) in [6.45, 7) is 15.6. The van der Waals surface area contributed by atoms with Gasteiger partial charge >= 0.3 is 11.9 Å². The predicted molar refractivity (Wildman–Crippen MR) is 267 cm³/mol. The van der Waals surface area contributed by atoms with Gasteiger partial charge in [0.1, 0.15) is 35.7 Å². The Hall–Kier alpha value is -3.61. The topological polar surface area (TPSA) is 145 Å². The van der Waals surface area contributed by atoms with Crippen LogP contribution < -0.4 is 4.74 Å². The van der Waals surface area contributed by atoms with Gasteiger partial charge in [-0.25, -0.2) is 4.79 Å². The lowest BCUT2D eigenvalue weighted by Crippen LogP contribution is -2.72. The van der Waals surface area contributed by atoms with E-state index in [0.29, 0.717) is 37.2 Å². The third kappa shape index (κ3) is 9.93. The van der Waals surface area contributed by atoms with Gasteiger partial charge in [-0.15, -0.1) is 0 Å². The highest BCUT2D eigenvalue weighted by atomic mass is 28.4. The Morgan fingerprint density at radius 1 is 0.743 bits per heavy atom.